The third-order valence-corrected chi connectivity index (χ3v) is 12.0. The van der Waals surface area contributed by atoms with Gasteiger partial charge in [-0.25, -0.2) is 14.7 Å². The van der Waals surface area contributed by atoms with Crippen LogP contribution >= 0.6 is 0 Å². The quantitative estimate of drug-likeness (QED) is 0.0685. The predicted octanol–water partition coefficient (Wildman–Crippen LogP) is 8.04. The number of hydrogen-bond acceptors (Lipinski definition) is 10. The molecule has 2 unspecified atom stereocenters. The average Bonchev–Trinajstić information content (AvgIpc) is 3.89. The summed E-state index contributed by atoms with van der Waals surface area (Å²) >= 11 is 0. The van der Waals surface area contributed by atoms with Gasteiger partial charge in [-0.1, -0.05) is 43.0 Å². The molecule has 0 bridgehead atoms. The second kappa shape index (κ2) is 20.9. The Hall–Kier alpha value is -7.24. The molecule has 5 amide bonds. The minimum atomic E-state index is -0.868. The minimum absolute atomic E-state index is 0.0316. The number of amides is 5. The molecule has 17 heteroatoms. The summed E-state index contributed by atoms with van der Waals surface area (Å²) in [4.78, 5) is 75.1. The molecule has 0 saturated carbocycles. The van der Waals surface area contributed by atoms with Crippen LogP contribution in [0.15, 0.2) is 97.8 Å². The molecular weight excluding hydrogens is 857 g/mol. The lowest BCUT2D eigenvalue weighted by atomic mass is 10.00. The van der Waals surface area contributed by atoms with E-state index in [4.69, 9.17) is 18.9 Å². The van der Waals surface area contributed by atoms with Crippen molar-refractivity contribution < 1.29 is 42.9 Å². The molecule has 350 valence electrons. The van der Waals surface area contributed by atoms with Crippen LogP contribution in [0.3, 0.4) is 0 Å². The van der Waals surface area contributed by atoms with E-state index in [9.17, 15) is 24.0 Å². The van der Waals surface area contributed by atoms with Gasteiger partial charge in [0.1, 0.15) is 18.1 Å². The van der Waals surface area contributed by atoms with E-state index in [1.54, 1.807) is 42.1 Å². The average molecular weight is 913 g/mol. The number of fused-ring (bicyclic) bond motifs is 2. The number of aryl methyl sites for hydroxylation is 3. The summed E-state index contributed by atoms with van der Waals surface area (Å²) < 4.78 is 27.7. The van der Waals surface area contributed by atoms with Crippen LogP contribution in [0.25, 0.3) is 11.1 Å². The highest BCUT2D eigenvalue weighted by Gasteiger charge is 2.46. The Kier molecular flexibility index (Phi) is 14.5. The maximum absolute atomic E-state index is 14.2. The van der Waals surface area contributed by atoms with Gasteiger partial charge in [-0.3, -0.25) is 19.2 Å². The number of imidazole rings is 1. The van der Waals surface area contributed by atoms with Crippen LogP contribution in [-0.2, 0) is 33.1 Å². The smallest absolute Gasteiger partial charge is 0.416 e. The molecule has 67 heavy (non-hydrogen) atoms. The van der Waals surface area contributed by atoms with Crippen molar-refractivity contribution in [1.82, 2.24) is 19.0 Å². The number of hydrogen-bond donors (Lipinski definition) is 3. The van der Waals surface area contributed by atoms with Gasteiger partial charge in [-0.05, 0) is 99.4 Å². The van der Waals surface area contributed by atoms with Gasteiger partial charge in [-0.15, -0.1) is 0 Å². The number of aromatic nitrogens is 3. The maximum atomic E-state index is 14.2. The highest BCUT2D eigenvalue weighted by molar-refractivity contribution is 6.06. The van der Waals surface area contributed by atoms with E-state index >= 15 is 0 Å². The van der Waals surface area contributed by atoms with Gasteiger partial charge in [-0.2, -0.15) is 0 Å². The largest absolute Gasteiger partial charge is 0.493 e. The fourth-order valence-corrected chi connectivity index (χ4v) is 8.66. The summed E-state index contributed by atoms with van der Waals surface area (Å²) in [6, 6.07) is 21.3. The summed E-state index contributed by atoms with van der Waals surface area (Å²) in [6.45, 7) is 6.72. The van der Waals surface area contributed by atoms with Gasteiger partial charge in [0.15, 0.2) is 18.3 Å². The zero-order valence-electron chi connectivity index (χ0n) is 38.0. The van der Waals surface area contributed by atoms with Crippen molar-refractivity contribution in [2.75, 3.05) is 47.2 Å². The molecule has 17 nitrogen and oxygen atoms in total. The van der Waals surface area contributed by atoms with E-state index in [0.717, 1.165) is 36.8 Å². The van der Waals surface area contributed by atoms with Crippen LogP contribution < -0.4 is 25.6 Å². The second-order valence-corrected chi connectivity index (χ2v) is 16.9. The molecule has 3 N–H and O–H groups in total. The minimum Gasteiger partial charge on any atom is -0.493 e. The van der Waals surface area contributed by atoms with Crippen LogP contribution in [0.4, 0.5) is 27.7 Å². The first-order valence-electron chi connectivity index (χ1n) is 22.7. The third kappa shape index (κ3) is 10.7. The standard InChI is InChI=1S/C50H56N8O9/c1-5-24-66-50(63)58-39-29-41(32(2)27-37(39)48(62)57-23-11-9-16-38(57)49(58)67-44-18-10-12-25-65-44)64-26-13-17-43(59)53-42-31-56(4)45(54-42)47(61)52-36-21-19-33(20-22-36)34-28-40(55(3)30-34)46(60)51-35-14-7-6-8-15-35/h5-8,14-15,19-22,27-31,38,44,49H,1,9-13,16-18,23-26H2,2-4H3,(H,51,60)(H,52,61)(H,53,59)/t38-,44?,49?/m0/s1. The van der Waals surface area contributed by atoms with E-state index in [0.29, 0.717) is 72.0 Å². The second-order valence-electron chi connectivity index (χ2n) is 16.9. The van der Waals surface area contributed by atoms with Crippen LogP contribution in [0.1, 0.15) is 88.4 Å². The first-order valence-corrected chi connectivity index (χ1v) is 22.7. The third-order valence-electron chi connectivity index (χ3n) is 12.0. The van der Waals surface area contributed by atoms with Crippen molar-refractivity contribution in [3.05, 3.63) is 120 Å². The number of benzene rings is 3. The van der Waals surface area contributed by atoms with Gasteiger partial charge in [0.25, 0.3) is 17.7 Å². The molecule has 3 aliphatic rings. The Balaban J connectivity index is 0.874. The van der Waals surface area contributed by atoms with Gasteiger partial charge < -0.3 is 48.9 Å². The van der Waals surface area contributed by atoms with E-state index in [1.807, 2.05) is 73.6 Å². The number of para-hydroxylation sites is 1. The van der Waals surface area contributed by atoms with Gasteiger partial charge >= 0.3 is 6.09 Å². The number of carbonyl (C=O) groups excluding carboxylic acids is 5. The Morgan fingerprint density at radius 3 is 2.39 bits per heavy atom. The Bertz CT molecular complexity index is 2620. The number of ether oxygens (including phenoxy) is 4. The Morgan fingerprint density at radius 1 is 0.866 bits per heavy atom. The molecule has 8 rings (SSSR count). The van der Waals surface area contributed by atoms with Crippen LogP contribution in [0.2, 0.25) is 0 Å². The van der Waals surface area contributed by atoms with Gasteiger partial charge in [0, 0.05) is 69.1 Å². The van der Waals surface area contributed by atoms with E-state index < -0.39 is 30.6 Å². The van der Waals surface area contributed by atoms with Crippen molar-refractivity contribution in [2.45, 2.75) is 76.9 Å². The molecule has 2 saturated heterocycles. The van der Waals surface area contributed by atoms with Gasteiger partial charge in [0.2, 0.25) is 11.7 Å². The Labute approximate surface area is 389 Å². The number of rotatable bonds is 15. The summed E-state index contributed by atoms with van der Waals surface area (Å²) in [5.74, 6) is -0.470. The first kappa shape index (κ1) is 46.3. The number of anilines is 4. The predicted molar refractivity (Wildman–Crippen MR) is 252 cm³/mol. The number of nitrogens with one attached hydrogen (secondary N) is 3. The monoisotopic (exact) mass is 912 g/mol. The maximum Gasteiger partial charge on any atom is 0.416 e. The van der Waals surface area contributed by atoms with E-state index in [1.165, 1.54) is 15.5 Å². The lowest BCUT2D eigenvalue weighted by Crippen LogP contribution is -2.57. The summed E-state index contributed by atoms with van der Waals surface area (Å²) in [6.07, 6.45) is 8.11. The molecule has 5 heterocycles. The van der Waals surface area contributed by atoms with Crippen molar-refractivity contribution in [3.63, 3.8) is 0 Å². The molecule has 0 spiro atoms. The Morgan fingerprint density at radius 2 is 1.63 bits per heavy atom. The lowest BCUT2D eigenvalue weighted by molar-refractivity contribution is -0.198. The van der Waals surface area contributed by atoms with Crippen LogP contribution in [-0.4, -0.2) is 93.7 Å². The molecule has 0 radical (unpaired) electrons. The molecule has 2 aromatic heterocycles. The van der Waals surface area contributed by atoms with Crippen LogP contribution in [0, 0.1) is 6.92 Å². The van der Waals surface area contributed by atoms with E-state index in [-0.39, 0.29) is 49.0 Å². The van der Waals surface area contributed by atoms with Crippen molar-refractivity contribution in [2.24, 2.45) is 14.1 Å². The summed E-state index contributed by atoms with van der Waals surface area (Å²) in [5.41, 5.74) is 4.77. The zero-order valence-corrected chi connectivity index (χ0v) is 38.0. The zero-order chi connectivity index (χ0) is 47.0. The number of piperidine rings is 1. The lowest BCUT2D eigenvalue weighted by Gasteiger charge is -2.42. The van der Waals surface area contributed by atoms with E-state index in [2.05, 4.69) is 27.5 Å². The molecule has 0 aliphatic carbocycles. The van der Waals surface area contributed by atoms with Crippen molar-refractivity contribution >= 4 is 52.6 Å². The topological polar surface area (TPSA) is 188 Å². The highest BCUT2D eigenvalue weighted by Crippen LogP contribution is 2.40. The van der Waals surface area contributed by atoms with Crippen LogP contribution in [0.5, 0.6) is 5.75 Å². The SMILES string of the molecule is C=CCOC(=O)N1c2cc(OCCCC(=O)Nc3cn(C)c(C(=O)Nc4ccc(-c5cc(C(=O)Nc6ccccc6)n(C)c5)cc4)n3)c(C)cc2C(=O)N2CCCC[C@H]2C1OC1CCCCO1. The fourth-order valence-electron chi connectivity index (χ4n) is 8.66. The molecule has 3 aliphatic heterocycles. The van der Waals surface area contributed by atoms with Crippen molar-refractivity contribution in [1.29, 1.82) is 0 Å². The molecule has 3 aromatic carbocycles. The number of carbonyl (C=O) groups is 5. The molecule has 2 fully saturated rings. The normalized spacial score (nSPS) is 18.0. The highest BCUT2D eigenvalue weighted by atomic mass is 16.7. The van der Waals surface area contributed by atoms with Gasteiger partial charge in [0.05, 0.1) is 23.9 Å². The molecular formula is C50H56N8O9. The first-order chi connectivity index (χ1) is 32.5. The molecule has 3 atom stereocenters. The number of nitrogens with zero attached hydrogens (tertiary/aromatic N) is 5. The summed E-state index contributed by atoms with van der Waals surface area (Å²) in [7, 11) is 3.47. The van der Waals surface area contributed by atoms with Crippen molar-refractivity contribution in [3.8, 4) is 16.9 Å². The fraction of sp³-hybridized carbons (Fsp3) is 0.360. The summed E-state index contributed by atoms with van der Waals surface area (Å²) in [5, 5.41) is 8.53. The molecule has 5 aromatic rings.